The Bertz CT molecular complexity index is 125. The fraction of sp³-hybridized carbons (Fsp3) is 0.500. The molecule has 0 aromatic rings. The average molecular weight is 211 g/mol. The summed E-state index contributed by atoms with van der Waals surface area (Å²) in [6, 6.07) is 0. The molecule has 0 aromatic heterocycles. The van der Waals surface area contributed by atoms with E-state index >= 15 is 0 Å². The van der Waals surface area contributed by atoms with E-state index in [1.807, 2.05) is 0 Å². The Kier molecular flexibility index (Phi) is 5.51. The molecule has 1 atom stereocenters. The van der Waals surface area contributed by atoms with Gasteiger partial charge in [-0.25, -0.2) is 0 Å². The summed E-state index contributed by atoms with van der Waals surface area (Å²) in [5.74, 6) is 0. The third-order valence-electron chi connectivity index (χ3n) is 1.49. The van der Waals surface area contributed by atoms with Crippen LogP contribution >= 0.6 is 0 Å². The Morgan fingerprint density at radius 1 is 1.60 bits per heavy atom. The van der Waals surface area contributed by atoms with E-state index < -0.39 is 0 Å². The first kappa shape index (κ1) is 10.5. The fourth-order valence-corrected chi connectivity index (χ4v) is 0.948. The first-order valence-corrected chi connectivity index (χ1v) is 3.13. The van der Waals surface area contributed by atoms with Crippen LogP contribution < -0.4 is 0 Å². The third-order valence-corrected chi connectivity index (χ3v) is 1.49. The van der Waals surface area contributed by atoms with Crippen LogP contribution in [0.15, 0.2) is 11.6 Å². The summed E-state index contributed by atoms with van der Waals surface area (Å²) in [5.41, 5.74) is 0.660. The zero-order valence-corrected chi connectivity index (χ0v) is 8.75. The largest absolute Gasteiger partial charge is 0.394 e. The first-order chi connectivity index (χ1) is 4.34. The van der Waals surface area contributed by atoms with E-state index in [0.29, 0.717) is 5.57 Å². The predicted molar refractivity (Wildman–Crippen MR) is 35.7 cm³/mol. The van der Waals surface area contributed by atoms with Crippen molar-refractivity contribution in [2.75, 3.05) is 6.61 Å². The Hall–Kier alpha value is 0.544. The van der Waals surface area contributed by atoms with Crippen molar-refractivity contribution in [2.24, 2.45) is 0 Å². The first-order valence-electron chi connectivity index (χ1n) is 3.13. The summed E-state index contributed by atoms with van der Waals surface area (Å²) in [4.78, 5) is 0. The van der Waals surface area contributed by atoms with E-state index in [0.717, 1.165) is 19.4 Å². The second-order valence-electron chi connectivity index (χ2n) is 2.17. The van der Waals surface area contributed by atoms with Gasteiger partial charge >= 0.3 is 0 Å². The molecule has 0 aromatic carbocycles. The van der Waals surface area contributed by atoms with Gasteiger partial charge in [-0.05, 0) is 18.9 Å². The molecule has 0 unspecified atom stereocenters. The van der Waals surface area contributed by atoms with E-state index in [9.17, 15) is 0 Å². The van der Waals surface area contributed by atoms with Crippen LogP contribution in [0.4, 0.5) is 0 Å². The molecule has 1 saturated heterocycles. The van der Waals surface area contributed by atoms with E-state index in [-0.39, 0.29) is 38.8 Å². The van der Waals surface area contributed by atoms with Crippen molar-refractivity contribution in [3.8, 4) is 0 Å². The topological polar surface area (TPSA) is 9.23 Å². The molecule has 0 amide bonds. The number of rotatable bonds is 2. The van der Waals surface area contributed by atoms with Gasteiger partial charge in [0.25, 0.3) is 0 Å². The molecule has 1 heterocycles. The van der Waals surface area contributed by atoms with Gasteiger partial charge in [-0.2, -0.15) is 0 Å². The standard InChI is InChI=1S/C8H10O.Y/c1-3-7(2)8-5-4-6-9-8;/h1-3,8H,4-6H2;/q-2;/t8-;/m1./s1. The minimum Gasteiger partial charge on any atom is -0.394 e. The summed E-state index contributed by atoms with van der Waals surface area (Å²) in [6.45, 7) is 11.5. The summed E-state index contributed by atoms with van der Waals surface area (Å²) in [5, 5.41) is 0. The molecule has 1 radical (unpaired) electrons. The molecule has 10 heavy (non-hydrogen) atoms. The van der Waals surface area contributed by atoms with Crippen molar-refractivity contribution in [1.82, 2.24) is 0 Å². The molecule has 1 aliphatic rings. The van der Waals surface area contributed by atoms with Crippen LogP contribution in [-0.2, 0) is 37.4 Å². The second kappa shape index (κ2) is 5.23. The predicted octanol–water partition coefficient (Wildman–Crippen LogP) is 1.51. The maximum Gasteiger partial charge on any atom is 0.0452 e. The van der Waals surface area contributed by atoms with Crippen LogP contribution in [0.2, 0.25) is 0 Å². The molecule has 1 nitrogen and oxygen atoms in total. The zero-order chi connectivity index (χ0) is 6.69. The van der Waals surface area contributed by atoms with Crippen molar-refractivity contribution in [3.63, 3.8) is 0 Å². The quantitative estimate of drug-likeness (QED) is 0.497. The Morgan fingerprint density at radius 2 is 2.30 bits per heavy atom. The molecule has 0 spiro atoms. The van der Waals surface area contributed by atoms with Gasteiger partial charge in [0.05, 0.1) is 0 Å². The normalized spacial score (nSPS) is 23.4. The molecule has 0 N–H and O–H groups in total. The van der Waals surface area contributed by atoms with Crippen LogP contribution in [0.3, 0.4) is 0 Å². The Morgan fingerprint density at radius 3 is 2.70 bits per heavy atom. The van der Waals surface area contributed by atoms with Crippen LogP contribution in [-0.4, -0.2) is 12.7 Å². The van der Waals surface area contributed by atoms with Gasteiger partial charge in [0, 0.05) is 39.3 Å². The minimum absolute atomic E-state index is 0. The molecular formula is C8H10OY-2. The summed E-state index contributed by atoms with van der Waals surface area (Å²) >= 11 is 0. The molecular weight excluding hydrogens is 201 g/mol. The van der Waals surface area contributed by atoms with Crippen molar-refractivity contribution in [1.29, 1.82) is 0 Å². The second-order valence-corrected chi connectivity index (χ2v) is 2.17. The summed E-state index contributed by atoms with van der Waals surface area (Å²) in [6.07, 6.45) is 3.62. The van der Waals surface area contributed by atoms with Gasteiger partial charge in [-0.1, -0.05) is 0 Å². The maximum atomic E-state index is 5.49. The summed E-state index contributed by atoms with van der Waals surface area (Å²) in [7, 11) is 0. The van der Waals surface area contributed by atoms with Gasteiger partial charge in [0.2, 0.25) is 0 Å². The molecule has 2 heteroatoms. The molecule has 1 rings (SSSR count). The van der Waals surface area contributed by atoms with Crippen LogP contribution in [0, 0.1) is 13.2 Å². The van der Waals surface area contributed by atoms with Gasteiger partial charge in [0.15, 0.2) is 0 Å². The molecule has 53 valence electrons. The van der Waals surface area contributed by atoms with Gasteiger partial charge in [-0.3, -0.25) is 0 Å². The van der Waals surface area contributed by atoms with Crippen LogP contribution in [0.1, 0.15) is 12.8 Å². The van der Waals surface area contributed by atoms with E-state index in [1.54, 1.807) is 0 Å². The van der Waals surface area contributed by atoms with Gasteiger partial charge in [0.1, 0.15) is 0 Å². The molecule has 0 aliphatic carbocycles. The Labute approximate surface area is 87.4 Å². The van der Waals surface area contributed by atoms with Crippen LogP contribution in [0.25, 0.3) is 0 Å². The summed E-state index contributed by atoms with van der Waals surface area (Å²) < 4.78 is 5.23. The fourth-order valence-electron chi connectivity index (χ4n) is 0.948. The number of hydrogen-bond acceptors (Lipinski definition) is 1. The number of hydrogen-bond donors (Lipinski definition) is 0. The molecule has 0 saturated carbocycles. The Balaban J connectivity index is 0.000000810. The van der Waals surface area contributed by atoms with Crippen molar-refractivity contribution < 1.29 is 37.4 Å². The van der Waals surface area contributed by atoms with Crippen molar-refractivity contribution >= 4 is 0 Å². The van der Waals surface area contributed by atoms with E-state index in [4.69, 9.17) is 17.9 Å². The van der Waals surface area contributed by atoms with Crippen LogP contribution in [0.5, 0.6) is 0 Å². The van der Waals surface area contributed by atoms with Gasteiger partial charge < -0.3 is 29.5 Å². The maximum absolute atomic E-state index is 5.49. The third kappa shape index (κ3) is 2.65. The van der Waals surface area contributed by atoms with Gasteiger partial charge in [-0.15, -0.1) is 0 Å². The van der Waals surface area contributed by atoms with Crippen molar-refractivity contribution in [3.05, 3.63) is 24.8 Å². The average Bonchev–Trinajstić information content (AvgIpc) is 2.37. The smallest absolute Gasteiger partial charge is 0.0452 e. The SMILES string of the molecule is [CH-]=CC(=[CH-])[C@H]1CCCO1.[Y]. The molecule has 1 fully saturated rings. The zero-order valence-electron chi connectivity index (χ0n) is 5.92. The van der Waals surface area contributed by atoms with Crippen molar-refractivity contribution in [2.45, 2.75) is 18.9 Å². The molecule has 0 bridgehead atoms. The monoisotopic (exact) mass is 211 g/mol. The number of ether oxygens (including phenoxy) is 1. The molecule has 1 aliphatic heterocycles. The van der Waals surface area contributed by atoms with E-state index in [1.165, 1.54) is 6.08 Å². The van der Waals surface area contributed by atoms with E-state index in [2.05, 4.69) is 0 Å². The minimum atomic E-state index is 0.